The van der Waals surface area contributed by atoms with E-state index in [-0.39, 0.29) is 11.3 Å². The number of hydrogen-bond donors (Lipinski definition) is 1. The lowest BCUT2D eigenvalue weighted by molar-refractivity contribution is -0.384. The highest BCUT2D eigenvalue weighted by Gasteiger charge is 2.24. The Labute approximate surface area is 197 Å². The zero-order valence-corrected chi connectivity index (χ0v) is 18.9. The first-order valence-corrected chi connectivity index (χ1v) is 11.4. The first-order chi connectivity index (χ1) is 16.5. The Hall–Kier alpha value is -3.50. The van der Waals surface area contributed by atoms with Gasteiger partial charge in [0.05, 0.1) is 29.4 Å². The predicted octanol–water partition coefficient (Wildman–Crippen LogP) is 2.82. The molecule has 0 unspecified atom stereocenters. The molecule has 0 radical (unpaired) electrons. The molecule has 0 bridgehead atoms. The number of benzene rings is 2. The molecule has 10 heteroatoms. The molecule has 2 aromatic carbocycles. The molecule has 2 fully saturated rings. The fourth-order valence-electron chi connectivity index (χ4n) is 4.15. The van der Waals surface area contributed by atoms with Crippen LogP contribution in [-0.2, 0) is 20.8 Å². The van der Waals surface area contributed by atoms with Crippen LogP contribution in [-0.4, -0.2) is 67.7 Å². The van der Waals surface area contributed by atoms with Crippen LogP contribution in [0.25, 0.3) is 0 Å². The van der Waals surface area contributed by atoms with Crippen LogP contribution in [0, 0.1) is 10.1 Å². The number of anilines is 2. The van der Waals surface area contributed by atoms with Crippen LogP contribution in [0.15, 0.2) is 42.5 Å². The summed E-state index contributed by atoms with van der Waals surface area (Å²) in [6, 6.07) is 11.7. The van der Waals surface area contributed by atoms with Gasteiger partial charge in [0, 0.05) is 50.5 Å². The fourth-order valence-corrected chi connectivity index (χ4v) is 4.15. The lowest BCUT2D eigenvalue weighted by Crippen LogP contribution is -2.35. The molecule has 34 heavy (non-hydrogen) atoms. The summed E-state index contributed by atoms with van der Waals surface area (Å²) in [5, 5.41) is 13.9. The SMILES string of the molecule is O=C(COC(=O)c1cc([N+](=O)[O-])ccc1N1CCCC1)Nc1ccc(CN2CCOCC2)cc1. The first kappa shape index (κ1) is 23.7. The summed E-state index contributed by atoms with van der Waals surface area (Å²) in [7, 11) is 0. The van der Waals surface area contributed by atoms with Gasteiger partial charge in [0.15, 0.2) is 6.61 Å². The molecule has 0 atom stereocenters. The zero-order chi connectivity index (χ0) is 23.9. The quantitative estimate of drug-likeness (QED) is 0.357. The standard InChI is InChI=1S/C24H28N4O6/c29-23(25-19-5-3-18(4-6-19)16-26-11-13-33-14-12-26)17-34-24(30)21-15-20(28(31)32)7-8-22(21)27-9-1-2-10-27/h3-8,15H,1-2,9-14,16-17H2,(H,25,29). The molecule has 2 heterocycles. The van der Waals surface area contributed by atoms with Gasteiger partial charge in [0.2, 0.25) is 0 Å². The summed E-state index contributed by atoms with van der Waals surface area (Å²) in [5.74, 6) is -1.25. The van der Waals surface area contributed by atoms with Crippen molar-refractivity contribution < 1.29 is 24.0 Å². The van der Waals surface area contributed by atoms with Gasteiger partial charge in [-0.3, -0.25) is 19.8 Å². The van der Waals surface area contributed by atoms with E-state index >= 15 is 0 Å². The number of carbonyl (C=O) groups is 2. The topological polar surface area (TPSA) is 114 Å². The maximum atomic E-state index is 12.7. The van der Waals surface area contributed by atoms with Crippen molar-refractivity contribution in [1.29, 1.82) is 0 Å². The molecular formula is C24H28N4O6. The van der Waals surface area contributed by atoms with E-state index in [1.165, 1.54) is 12.1 Å². The zero-order valence-electron chi connectivity index (χ0n) is 18.9. The third kappa shape index (κ3) is 6.09. The summed E-state index contributed by atoms with van der Waals surface area (Å²) in [5.41, 5.74) is 2.21. The van der Waals surface area contributed by atoms with Gasteiger partial charge >= 0.3 is 5.97 Å². The molecule has 10 nitrogen and oxygen atoms in total. The molecule has 2 saturated heterocycles. The predicted molar refractivity (Wildman–Crippen MR) is 126 cm³/mol. The Morgan fingerprint density at radius 1 is 1.03 bits per heavy atom. The number of hydrogen-bond acceptors (Lipinski definition) is 8. The van der Waals surface area contributed by atoms with E-state index in [1.54, 1.807) is 6.07 Å². The monoisotopic (exact) mass is 468 g/mol. The third-order valence-corrected chi connectivity index (χ3v) is 5.94. The van der Waals surface area contributed by atoms with Gasteiger partial charge in [0.1, 0.15) is 0 Å². The third-order valence-electron chi connectivity index (χ3n) is 5.94. The molecule has 1 N–H and O–H groups in total. The number of ether oxygens (including phenoxy) is 2. The van der Waals surface area contributed by atoms with Gasteiger partial charge in [-0.2, -0.15) is 0 Å². The molecule has 1 amide bonds. The normalized spacial score (nSPS) is 16.3. The van der Waals surface area contributed by atoms with Crippen molar-refractivity contribution in [3.05, 3.63) is 63.7 Å². The molecule has 0 saturated carbocycles. The number of nitrogens with zero attached hydrogens (tertiary/aromatic N) is 3. The van der Waals surface area contributed by atoms with E-state index in [0.29, 0.717) is 11.4 Å². The van der Waals surface area contributed by atoms with Gasteiger partial charge < -0.3 is 19.7 Å². The summed E-state index contributed by atoms with van der Waals surface area (Å²) < 4.78 is 10.6. The number of nitro benzene ring substituents is 1. The van der Waals surface area contributed by atoms with Crippen LogP contribution in [0.3, 0.4) is 0 Å². The number of rotatable bonds is 8. The van der Waals surface area contributed by atoms with Crippen molar-refractivity contribution in [3.63, 3.8) is 0 Å². The average Bonchev–Trinajstić information content (AvgIpc) is 3.39. The maximum absolute atomic E-state index is 12.7. The van der Waals surface area contributed by atoms with Crippen molar-refractivity contribution in [2.45, 2.75) is 19.4 Å². The van der Waals surface area contributed by atoms with Crippen molar-refractivity contribution in [3.8, 4) is 0 Å². The highest BCUT2D eigenvalue weighted by atomic mass is 16.6. The lowest BCUT2D eigenvalue weighted by Gasteiger charge is -2.26. The van der Waals surface area contributed by atoms with E-state index in [1.807, 2.05) is 29.2 Å². The minimum Gasteiger partial charge on any atom is -0.452 e. The number of nitrogens with one attached hydrogen (secondary N) is 1. The molecule has 180 valence electrons. The second-order valence-electron chi connectivity index (χ2n) is 8.36. The van der Waals surface area contributed by atoms with E-state index in [4.69, 9.17) is 9.47 Å². The van der Waals surface area contributed by atoms with Gasteiger partial charge in [-0.05, 0) is 36.6 Å². The van der Waals surface area contributed by atoms with E-state index < -0.39 is 23.4 Å². The number of non-ortho nitro benzene ring substituents is 1. The Bertz CT molecular complexity index is 1030. The Balaban J connectivity index is 1.33. The number of esters is 1. The van der Waals surface area contributed by atoms with Crippen molar-refractivity contribution in [2.24, 2.45) is 0 Å². The van der Waals surface area contributed by atoms with E-state index in [2.05, 4.69) is 10.2 Å². The second-order valence-corrected chi connectivity index (χ2v) is 8.36. The van der Waals surface area contributed by atoms with Crippen molar-refractivity contribution >= 4 is 28.9 Å². The number of amides is 1. The van der Waals surface area contributed by atoms with Gasteiger partial charge in [0.25, 0.3) is 11.6 Å². The number of morpholine rings is 1. The first-order valence-electron chi connectivity index (χ1n) is 11.4. The van der Waals surface area contributed by atoms with Crippen molar-refractivity contribution in [2.75, 3.05) is 56.2 Å². The van der Waals surface area contributed by atoms with Crippen LogP contribution in [0.5, 0.6) is 0 Å². The minimum absolute atomic E-state index is 0.0939. The van der Waals surface area contributed by atoms with Crippen LogP contribution < -0.4 is 10.2 Å². The van der Waals surface area contributed by atoms with Gasteiger partial charge in [-0.25, -0.2) is 4.79 Å². The Morgan fingerprint density at radius 2 is 1.74 bits per heavy atom. The largest absolute Gasteiger partial charge is 0.452 e. The summed E-state index contributed by atoms with van der Waals surface area (Å²) in [6.45, 7) is 5.13. The Kier molecular flexibility index (Phi) is 7.71. The minimum atomic E-state index is -0.762. The summed E-state index contributed by atoms with van der Waals surface area (Å²) >= 11 is 0. The molecule has 2 aromatic rings. The summed E-state index contributed by atoms with van der Waals surface area (Å²) in [6.07, 6.45) is 1.97. The highest BCUT2D eigenvalue weighted by Crippen LogP contribution is 2.29. The Morgan fingerprint density at radius 3 is 2.41 bits per heavy atom. The van der Waals surface area contributed by atoms with Gasteiger partial charge in [-0.15, -0.1) is 0 Å². The number of nitro groups is 1. The smallest absolute Gasteiger partial charge is 0.341 e. The van der Waals surface area contributed by atoms with Crippen LogP contribution in [0.1, 0.15) is 28.8 Å². The number of carbonyl (C=O) groups excluding carboxylic acids is 2. The second kappa shape index (κ2) is 11.1. The van der Waals surface area contributed by atoms with E-state index in [9.17, 15) is 19.7 Å². The van der Waals surface area contributed by atoms with Crippen LogP contribution in [0.2, 0.25) is 0 Å². The lowest BCUT2D eigenvalue weighted by atomic mass is 10.1. The molecule has 0 spiro atoms. The molecule has 2 aliphatic heterocycles. The fraction of sp³-hybridized carbons (Fsp3) is 0.417. The molecule has 4 rings (SSSR count). The van der Waals surface area contributed by atoms with Crippen LogP contribution >= 0.6 is 0 Å². The van der Waals surface area contributed by atoms with Crippen LogP contribution in [0.4, 0.5) is 17.1 Å². The maximum Gasteiger partial charge on any atom is 0.341 e. The average molecular weight is 469 g/mol. The van der Waals surface area contributed by atoms with Gasteiger partial charge in [-0.1, -0.05) is 12.1 Å². The van der Waals surface area contributed by atoms with Crippen molar-refractivity contribution in [1.82, 2.24) is 4.90 Å². The van der Waals surface area contributed by atoms with E-state index in [0.717, 1.165) is 64.3 Å². The molecule has 0 aliphatic carbocycles. The molecule has 2 aliphatic rings. The highest BCUT2D eigenvalue weighted by molar-refractivity contribution is 5.99. The molecule has 0 aromatic heterocycles. The molecular weight excluding hydrogens is 440 g/mol. The summed E-state index contributed by atoms with van der Waals surface area (Å²) in [4.78, 5) is 40.0.